The van der Waals surface area contributed by atoms with Crippen LogP contribution in [0.2, 0.25) is 5.15 Å². The van der Waals surface area contributed by atoms with Gasteiger partial charge in [0.1, 0.15) is 18.1 Å². The molecule has 0 saturated heterocycles. The maximum Gasteiger partial charge on any atom is 0.325 e. The Kier molecular flexibility index (Phi) is 18.3. The average Bonchev–Trinajstić information content (AvgIpc) is 3.00. The lowest BCUT2D eigenvalue weighted by molar-refractivity contribution is -0.903. The second-order valence-corrected chi connectivity index (χ2v) is 13.2. The minimum Gasteiger partial charge on any atom is -0.355 e. The molecule has 7 N–H and O–H groups in total. The summed E-state index contributed by atoms with van der Waals surface area (Å²) in [6.07, 6.45) is 3.42. The second-order valence-electron chi connectivity index (χ2n) is 12.9. The van der Waals surface area contributed by atoms with Gasteiger partial charge in [0.2, 0.25) is 29.8 Å². The van der Waals surface area contributed by atoms with E-state index in [0.717, 1.165) is 0 Å². The quantitative estimate of drug-likeness (QED) is 0.0624. The first-order valence-corrected chi connectivity index (χ1v) is 17.1. The maximum absolute atomic E-state index is 13.6. The molecule has 0 aliphatic rings. The number of halogens is 1. The third kappa shape index (κ3) is 14.1. The minimum atomic E-state index is -0.929. The normalized spacial score (nSPS) is 15.1. The molecule has 13 nitrogen and oxygen atoms in total. The monoisotopic (exact) mass is 682 g/mol. The molecule has 0 spiro atoms. The van der Waals surface area contributed by atoms with E-state index in [-0.39, 0.29) is 58.8 Å². The first-order chi connectivity index (χ1) is 22.1. The predicted octanol–water partition coefficient (Wildman–Crippen LogP) is 2.08. The van der Waals surface area contributed by atoms with Crippen molar-refractivity contribution in [2.45, 2.75) is 118 Å². The molecule has 0 radical (unpaired) electrons. The number of pyridine rings is 1. The molecule has 0 aliphatic carbocycles. The highest BCUT2D eigenvalue weighted by molar-refractivity contribution is 6.28. The summed E-state index contributed by atoms with van der Waals surface area (Å²) < 4.78 is 0.666. The van der Waals surface area contributed by atoms with Gasteiger partial charge in [0.15, 0.2) is 0 Å². The molecular formula is C33H57ClN7O6+. The van der Waals surface area contributed by atoms with Crippen LogP contribution in [0.3, 0.4) is 0 Å². The first-order valence-electron chi connectivity index (χ1n) is 16.7. The summed E-state index contributed by atoms with van der Waals surface area (Å²) in [6.45, 7) is 17.7. The van der Waals surface area contributed by atoms with Gasteiger partial charge >= 0.3 is 5.15 Å². The number of hydrogen-bond acceptors (Lipinski definition) is 7. The minimum absolute atomic E-state index is 0.0681. The third-order valence-corrected chi connectivity index (χ3v) is 8.19. The molecular weight excluding hydrogens is 626 g/mol. The molecule has 266 valence electrons. The summed E-state index contributed by atoms with van der Waals surface area (Å²) in [6, 6.07) is -0.769. The number of nitrogens with one attached hydrogen (secondary N) is 6. The zero-order chi connectivity index (χ0) is 35.8. The zero-order valence-electron chi connectivity index (χ0n) is 29.4. The summed E-state index contributed by atoms with van der Waals surface area (Å²) in [5.41, 5.74) is 0.167. The van der Waals surface area contributed by atoms with Gasteiger partial charge in [-0.25, -0.2) is 0 Å². The Labute approximate surface area is 284 Å². The van der Waals surface area contributed by atoms with Crippen molar-refractivity contribution in [3.63, 3.8) is 0 Å². The third-order valence-electron chi connectivity index (χ3n) is 7.91. The number of hydrogen-bond donors (Lipinski definition) is 7. The van der Waals surface area contributed by atoms with Gasteiger partial charge < -0.3 is 31.9 Å². The van der Waals surface area contributed by atoms with E-state index >= 15 is 0 Å². The van der Waals surface area contributed by atoms with E-state index in [1.807, 2.05) is 55.4 Å². The van der Waals surface area contributed by atoms with Crippen molar-refractivity contribution >= 4 is 41.1 Å². The fourth-order valence-electron chi connectivity index (χ4n) is 4.92. The molecule has 0 aromatic carbocycles. The molecule has 0 bridgehead atoms. The number of carbonyl (C=O) groups excluding carboxylic acids is 5. The maximum atomic E-state index is 13.6. The molecule has 1 rings (SSSR count). The van der Waals surface area contributed by atoms with Crippen LogP contribution >= 0.6 is 11.6 Å². The molecule has 1 heterocycles. The molecule has 0 fully saturated rings. The van der Waals surface area contributed by atoms with E-state index in [9.17, 15) is 29.2 Å². The van der Waals surface area contributed by atoms with Gasteiger partial charge in [-0.15, -0.1) is 0 Å². The van der Waals surface area contributed by atoms with Crippen molar-refractivity contribution in [3.05, 3.63) is 29.0 Å². The SMILES string of the molecule is CCC[C@H](NC(=O)C(NC(=O)c1cc[n+](O)c(Cl)c1)[C@@H](C)CC)C(=O)NC(CN[C@@H](C)C(=O)NC(C(=O)NCC)C(C)C)CC(C)C. The fourth-order valence-corrected chi connectivity index (χ4v) is 5.10. The number of amides is 5. The Balaban J connectivity index is 3.00. The largest absolute Gasteiger partial charge is 0.355 e. The molecule has 3 unspecified atom stereocenters. The molecule has 1 aromatic rings. The summed E-state index contributed by atoms with van der Waals surface area (Å²) in [5, 5.41) is 27.0. The molecule has 6 atom stereocenters. The summed E-state index contributed by atoms with van der Waals surface area (Å²) in [4.78, 5) is 65.5. The van der Waals surface area contributed by atoms with Crippen LogP contribution < -0.4 is 36.6 Å². The number of rotatable bonds is 20. The second kappa shape index (κ2) is 20.7. The van der Waals surface area contributed by atoms with Crippen LogP contribution in [0, 0.1) is 17.8 Å². The van der Waals surface area contributed by atoms with Gasteiger partial charge in [-0.1, -0.05) is 61.3 Å². The van der Waals surface area contributed by atoms with Crippen LogP contribution in [-0.4, -0.2) is 78.0 Å². The Morgan fingerprint density at radius 2 is 1.51 bits per heavy atom. The van der Waals surface area contributed by atoms with E-state index in [4.69, 9.17) is 11.6 Å². The highest BCUT2D eigenvalue weighted by Gasteiger charge is 2.32. The standard InChI is InChI=1S/C33H56ClN7O6/c1-10-13-25(38-33(46)28(21(8)11-2)40-30(43)23-14-15-41(47)26(34)17-23)31(44)37-24(16-19(4)5)18-36-22(9)29(42)39-27(20(6)7)32(45)35-12-3/h14-15,17,19-22,24-25,27-28,36H,10-13,16,18H2,1-9H3,(H5-,35,37,38,39,40,42,43,44,45,46,47)/p+1/t21-,22-,24?,25-,27?,28?/m0/s1. The summed E-state index contributed by atoms with van der Waals surface area (Å²) >= 11 is 5.94. The smallest absolute Gasteiger partial charge is 0.325 e. The van der Waals surface area contributed by atoms with Crippen molar-refractivity contribution in [2.75, 3.05) is 13.1 Å². The zero-order valence-corrected chi connectivity index (χ0v) is 30.2. The Morgan fingerprint density at radius 3 is 2.04 bits per heavy atom. The van der Waals surface area contributed by atoms with E-state index in [1.165, 1.54) is 18.3 Å². The van der Waals surface area contributed by atoms with E-state index < -0.39 is 36.0 Å². The Bertz CT molecular complexity index is 1200. The van der Waals surface area contributed by atoms with Gasteiger partial charge in [-0.2, -0.15) is 0 Å². The van der Waals surface area contributed by atoms with Crippen LogP contribution in [0.25, 0.3) is 0 Å². The van der Waals surface area contributed by atoms with E-state index in [2.05, 4.69) is 31.9 Å². The van der Waals surface area contributed by atoms with Crippen LogP contribution in [0.4, 0.5) is 0 Å². The fraction of sp³-hybridized carbons (Fsp3) is 0.697. The number of aromatic nitrogens is 1. The molecule has 1 aromatic heterocycles. The van der Waals surface area contributed by atoms with Crippen molar-refractivity contribution in [1.82, 2.24) is 31.9 Å². The first kappa shape index (κ1) is 41.6. The van der Waals surface area contributed by atoms with Gasteiger partial charge in [-0.05, 0) is 56.0 Å². The summed E-state index contributed by atoms with van der Waals surface area (Å²) in [7, 11) is 0. The van der Waals surface area contributed by atoms with Crippen molar-refractivity contribution in [2.24, 2.45) is 17.8 Å². The van der Waals surface area contributed by atoms with Gasteiger partial charge in [0.25, 0.3) is 5.91 Å². The van der Waals surface area contributed by atoms with Crippen LogP contribution in [0.5, 0.6) is 0 Å². The van der Waals surface area contributed by atoms with E-state index in [1.54, 1.807) is 6.92 Å². The molecule has 47 heavy (non-hydrogen) atoms. The van der Waals surface area contributed by atoms with Gasteiger partial charge in [-0.3, -0.25) is 29.2 Å². The van der Waals surface area contributed by atoms with Gasteiger partial charge in [0, 0.05) is 36.0 Å². The molecule has 0 aliphatic heterocycles. The van der Waals surface area contributed by atoms with Crippen LogP contribution in [0.15, 0.2) is 18.3 Å². The van der Waals surface area contributed by atoms with Crippen molar-refractivity contribution in [3.8, 4) is 0 Å². The van der Waals surface area contributed by atoms with Crippen LogP contribution in [0.1, 0.15) is 98.4 Å². The van der Waals surface area contributed by atoms with Crippen molar-refractivity contribution < 1.29 is 33.9 Å². The summed E-state index contributed by atoms with van der Waals surface area (Å²) in [5.74, 6) is -2.09. The lowest BCUT2D eigenvalue weighted by atomic mass is 9.97. The highest BCUT2D eigenvalue weighted by atomic mass is 35.5. The lowest BCUT2D eigenvalue weighted by Gasteiger charge is -2.29. The number of carbonyl (C=O) groups is 5. The van der Waals surface area contributed by atoms with Crippen LogP contribution in [-0.2, 0) is 19.2 Å². The van der Waals surface area contributed by atoms with E-state index in [0.29, 0.717) is 37.0 Å². The van der Waals surface area contributed by atoms with Gasteiger partial charge in [0.05, 0.1) is 11.6 Å². The predicted molar refractivity (Wildman–Crippen MR) is 181 cm³/mol. The molecule has 0 saturated carbocycles. The average molecular weight is 683 g/mol. The van der Waals surface area contributed by atoms with Crippen molar-refractivity contribution in [1.29, 1.82) is 0 Å². The highest BCUT2D eigenvalue weighted by Crippen LogP contribution is 2.13. The topological polar surface area (TPSA) is 182 Å². The Morgan fingerprint density at radius 1 is 0.851 bits per heavy atom. The Hall–Kier alpha value is -3.45. The number of likely N-dealkylation sites (N-methyl/N-ethyl adjacent to an activating group) is 1. The number of nitrogens with zero attached hydrogens (tertiary/aromatic N) is 1. The molecule has 5 amide bonds. The lowest BCUT2D eigenvalue weighted by Crippen LogP contribution is -2.58. The molecule has 14 heteroatoms.